The molecule has 0 heterocycles. The third-order valence-corrected chi connectivity index (χ3v) is 7.68. The van der Waals surface area contributed by atoms with Gasteiger partial charge in [-0.05, 0) is 67.5 Å². The third-order valence-electron chi connectivity index (χ3n) is 7.68. The minimum Gasteiger partial charge on any atom is -0.505 e. The Morgan fingerprint density at radius 3 is 2.81 bits per heavy atom. The Morgan fingerprint density at radius 2 is 2.15 bits per heavy atom. The van der Waals surface area contributed by atoms with Crippen molar-refractivity contribution in [3.05, 3.63) is 35.1 Å². The summed E-state index contributed by atoms with van der Waals surface area (Å²) in [6.07, 6.45) is -0.705. The lowest BCUT2D eigenvalue weighted by atomic mass is 9.45. The molecule has 4 aliphatic rings. The van der Waals surface area contributed by atoms with Gasteiger partial charge in [0.05, 0.1) is 7.47 Å². The highest BCUT2D eigenvalue weighted by atomic mass is 19.1. The Kier molecular flexibility index (Phi) is 3.17. The largest absolute Gasteiger partial charge is 0.505 e. The summed E-state index contributed by atoms with van der Waals surface area (Å²) in [4.78, 5) is 23.4. The van der Waals surface area contributed by atoms with Gasteiger partial charge in [-0.15, -0.1) is 0 Å². The Balaban J connectivity index is 1.95. The standard InChI is InChI=1S/C22H27FO4/c1-12-8-16-15-5-4-13-9-14(25)6-7-21(13,3)22(15,23)18(27)10-20(16,2)19(12)17(26)11-24/h6-7,9,11-12,15-16,18,26-27H,4-5,8,10H2,1-3H3/b19-17-/t12-,15+,16+,18+,20+,21+,22+/m1/s1/i4D2,9D. The lowest BCUT2D eigenvalue weighted by Gasteiger charge is -2.61. The van der Waals surface area contributed by atoms with Crippen LogP contribution in [0.15, 0.2) is 35.1 Å². The molecule has 0 spiro atoms. The molecule has 4 aliphatic carbocycles. The molecule has 0 radical (unpaired) electrons. The lowest BCUT2D eigenvalue weighted by Crippen LogP contribution is -2.66. The SMILES string of the molecule is [2H]C1=C2C([2H])([2H])C[C@H]3[C@@H]4C[C@@H](C)/C(=C(/O)C=O)[C@@]4(C)C[C@H](O)[C@]3(F)[C@@]2(C)C=CC1=O. The molecule has 3 saturated carbocycles. The van der Waals surface area contributed by atoms with Crippen LogP contribution in [0.25, 0.3) is 0 Å². The van der Waals surface area contributed by atoms with Gasteiger partial charge < -0.3 is 10.2 Å². The summed E-state index contributed by atoms with van der Waals surface area (Å²) in [5.74, 6) is -2.61. The topological polar surface area (TPSA) is 74.6 Å². The molecular formula is C22H27FO4. The Morgan fingerprint density at radius 1 is 1.44 bits per heavy atom. The second-order valence-electron chi connectivity index (χ2n) is 8.95. The van der Waals surface area contributed by atoms with Crippen LogP contribution in [-0.2, 0) is 9.59 Å². The van der Waals surface area contributed by atoms with Crippen LogP contribution in [0.2, 0.25) is 0 Å². The fourth-order valence-electron chi connectivity index (χ4n) is 6.49. The van der Waals surface area contributed by atoms with Crippen molar-refractivity contribution in [2.45, 2.75) is 58.2 Å². The molecule has 7 atom stereocenters. The van der Waals surface area contributed by atoms with Crippen molar-refractivity contribution in [1.82, 2.24) is 0 Å². The van der Waals surface area contributed by atoms with Crippen molar-refractivity contribution < 1.29 is 28.3 Å². The van der Waals surface area contributed by atoms with E-state index in [9.17, 15) is 19.8 Å². The van der Waals surface area contributed by atoms with E-state index in [4.69, 9.17) is 4.11 Å². The molecule has 146 valence electrons. The molecule has 2 N–H and O–H groups in total. The van der Waals surface area contributed by atoms with Crippen LogP contribution in [0.1, 0.15) is 50.5 Å². The summed E-state index contributed by atoms with van der Waals surface area (Å²) in [6, 6.07) is -0.542. The predicted octanol–water partition coefficient (Wildman–Crippen LogP) is 3.61. The number of halogens is 1. The summed E-state index contributed by atoms with van der Waals surface area (Å²) in [7, 11) is 0. The average molecular weight is 377 g/mol. The molecule has 0 aromatic heterocycles. The predicted molar refractivity (Wildman–Crippen MR) is 98.6 cm³/mol. The molecule has 27 heavy (non-hydrogen) atoms. The molecule has 0 bridgehead atoms. The normalized spacial score (nSPS) is 54.3. The number of carbonyl (C=O) groups is 2. The molecule has 0 unspecified atom stereocenters. The van der Waals surface area contributed by atoms with E-state index in [-0.39, 0.29) is 24.3 Å². The van der Waals surface area contributed by atoms with E-state index in [0.717, 1.165) is 6.08 Å². The van der Waals surface area contributed by atoms with Gasteiger partial charge in [-0.1, -0.05) is 25.5 Å². The summed E-state index contributed by atoms with van der Waals surface area (Å²) < 4.78 is 42.5. The molecule has 0 aliphatic heterocycles. The van der Waals surface area contributed by atoms with E-state index in [2.05, 4.69) is 0 Å². The van der Waals surface area contributed by atoms with E-state index in [1.165, 1.54) is 13.0 Å². The number of aliphatic hydroxyl groups excluding tert-OH is 2. The number of aldehydes is 1. The molecular weight excluding hydrogens is 347 g/mol. The highest BCUT2D eigenvalue weighted by molar-refractivity contribution is 6.01. The number of rotatable bonds is 1. The first-order valence-electron chi connectivity index (χ1n) is 11.0. The molecule has 0 aromatic rings. The van der Waals surface area contributed by atoms with Crippen LogP contribution in [0.5, 0.6) is 0 Å². The maximum absolute atomic E-state index is 17.1. The first kappa shape index (κ1) is 15.2. The van der Waals surface area contributed by atoms with Crippen molar-refractivity contribution in [2.75, 3.05) is 0 Å². The molecule has 0 saturated heterocycles. The fourth-order valence-corrected chi connectivity index (χ4v) is 6.49. The van der Waals surface area contributed by atoms with Gasteiger partial charge in [0.2, 0.25) is 0 Å². The van der Waals surface area contributed by atoms with Crippen molar-refractivity contribution in [1.29, 1.82) is 0 Å². The Hall–Kier alpha value is -1.75. The van der Waals surface area contributed by atoms with E-state index in [1.807, 2.05) is 6.92 Å². The van der Waals surface area contributed by atoms with Gasteiger partial charge in [-0.2, -0.15) is 0 Å². The monoisotopic (exact) mass is 377 g/mol. The van der Waals surface area contributed by atoms with Gasteiger partial charge in [0.15, 0.2) is 23.5 Å². The first-order chi connectivity index (χ1) is 13.8. The summed E-state index contributed by atoms with van der Waals surface area (Å²) in [5.41, 5.74) is -4.50. The molecule has 4 nitrogen and oxygen atoms in total. The van der Waals surface area contributed by atoms with Crippen molar-refractivity contribution in [3.8, 4) is 0 Å². The van der Waals surface area contributed by atoms with E-state index in [1.54, 1.807) is 6.92 Å². The zero-order valence-electron chi connectivity index (χ0n) is 18.8. The summed E-state index contributed by atoms with van der Waals surface area (Å²) in [5, 5.41) is 21.4. The minimum atomic E-state index is -2.28. The number of fused-ring (bicyclic) bond motifs is 5. The number of hydrogen-bond donors (Lipinski definition) is 2. The molecule has 3 fully saturated rings. The number of alkyl halides is 1. The molecule has 0 amide bonds. The highest BCUT2D eigenvalue weighted by Gasteiger charge is 2.70. The average Bonchev–Trinajstić information content (AvgIpc) is 2.90. The number of hydrogen-bond acceptors (Lipinski definition) is 4. The maximum atomic E-state index is 17.1. The van der Waals surface area contributed by atoms with Crippen LogP contribution in [-0.4, -0.2) is 34.1 Å². The lowest BCUT2D eigenvalue weighted by molar-refractivity contribution is -0.184. The first-order valence-corrected chi connectivity index (χ1v) is 9.47. The van der Waals surface area contributed by atoms with E-state index >= 15 is 4.39 Å². The molecule has 0 aromatic carbocycles. The molecule has 5 heteroatoms. The third kappa shape index (κ3) is 2.12. The fraction of sp³-hybridized carbons (Fsp3) is 0.636. The molecule has 4 rings (SSSR count). The maximum Gasteiger partial charge on any atom is 0.184 e. The van der Waals surface area contributed by atoms with Gasteiger partial charge in [-0.3, -0.25) is 9.59 Å². The number of aliphatic hydroxyl groups is 2. The highest BCUT2D eigenvalue weighted by Crippen LogP contribution is 2.69. The Bertz CT molecular complexity index is 941. The van der Waals surface area contributed by atoms with Gasteiger partial charge in [0.1, 0.15) is 0 Å². The van der Waals surface area contributed by atoms with Crippen LogP contribution in [0, 0.1) is 28.6 Å². The summed E-state index contributed by atoms with van der Waals surface area (Å²) >= 11 is 0. The minimum absolute atomic E-state index is 0.0385. The van der Waals surface area contributed by atoms with Gasteiger partial charge in [0.25, 0.3) is 0 Å². The van der Waals surface area contributed by atoms with Crippen molar-refractivity contribution in [3.63, 3.8) is 0 Å². The van der Waals surface area contributed by atoms with Crippen LogP contribution in [0.4, 0.5) is 4.39 Å². The van der Waals surface area contributed by atoms with Crippen LogP contribution < -0.4 is 0 Å². The van der Waals surface area contributed by atoms with Gasteiger partial charge in [0, 0.05) is 14.1 Å². The van der Waals surface area contributed by atoms with E-state index < -0.39 is 58.4 Å². The quantitative estimate of drug-likeness (QED) is 0.416. The zero-order chi connectivity index (χ0) is 22.4. The number of carbonyl (C=O) groups excluding carboxylic acids is 2. The zero-order valence-corrected chi connectivity index (χ0v) is 15.8. The second-order valence-corrected chi connectivity index (χ2v) is 8.95. The van der Waals surface area contributed by atoms with Crippen molar-refractivity contribution >= 4 is 12.1 Å². The number of allylic oxidation sites excluding steroid dienone is 6. The van der Waals surface area contributed by atoms with E-state index in [0.29, 0.717) is 18.3 Å². The smallest absolute Gasteiger partial charge is 0.184 e. The van der Waals surface area contributed by atoms with Crippen LogP contribution in [0.3, 0.4) is 0 Å². The number of ketones is 1. The Labute approximate surface area is 163 Å². The van der Waals surface area contributed by atoms with Crippen LogP contribution >= 0.6 is 0 Å². The van der Waals surface area contributed by atoms with Crippen molar-refractivity contribution in [2.24, 2.45) is 28.6 Å². The second kappa shape index (κ2) is 5.63. The summed E-state index contributed by atoms with van der Waals surface area (Å²) in [6.45, 7) is 5.11. The van der Waals surface area contributed by atoms with Gasteiger partial charge in [-0.25, -0.2) is 4.39 Å². The van der Waals surface area contributed by atoms with Gasteiger partial charge >= 0.3 is 0 Å².